The minimum Gasteiger partial charge on any atom is -0.360 e. The van der Waals surface area contributed by atoms with Gasteiger partial charge in [-0.15, -0.1) is 0 Å². The van der Waals surface area contributed by atoms with Crippen molar-refractivity contribution in [2.75, 3.05) is 11.9 Å². The standard InChI is InChI=1S/C19H23N3O4S/c1-12-18(13(2)26-21-12)27(24,25)22-10-4-7-17(22)19(23)20-16-9-8-14-5-3-6-15(14)11-16/h8-9,11,17H,3-7,10H2,1-2H3,(H,20,23)/t17-/m1/s1. The van der Waals surface area contributed by atoms with Gasteiger partial charge < -0.3 is 9.84 Å². The van der Waals surface area contributed by atoms with E-state index in [-0.39, 0.29) is 16.6 Å². The number of amides is 1. The van der Waals surface area contributed by atoms with Crippen LogP contribution in [0.3, 0.4) is 0 Å². The average Bonchev–Trinajstić information content (AvgIpc) is 3.34. The molecule has 0 bridgehead atoms. The van der Waals surface area contributed by atoms with Crippen LogP contribution in [0, 0.1) is 13.8 Å². The first-order valence-corrected chi connectivity index (χ1v) is 10.7. The van der Waals surface area contributed by atoms with Crippen LogP contribution in [0.25, 0.3) is 0 Å². The van der Waals surface area contributed by atoms with Gasteiger partial charge in [-0.2, -0.15) is 4.31 Å². The van der Waals surface area contributed by atoms with Crippen molar-refractivity contribution >= 4 is 21.6 Å². The number of carbonyl (C=O) groups excluding carboxylic acids is 1. The second-order valence-electron chi connectivity index (χ2n) is 7.25. The van der Waals surface area contributed by atoms with Crippen LogP contribution in [0.15, 0.2) is 27.6 Å². The fourth-order valence-electron chi connectivity index (χ4n) is 4.13. The van der Waals surface area contributed by atoms with Crippen molar-refractivity contribution in [1.82, 2.24) is 9.46 Å². The van der Waals surface area contributed by atoms with Crippen molar-refractivity contribution in [2.24, 2.45) is 0 Å². The normalized spacial score (nSPS) is 20.0. The van der Waals surface area contributed by atoms with E-state index >= 15 is 0 Å². The minimum atomic E-state index is -3.84. The molecule has 1 atom stereocenters. The van der Waals surface area contributed by atoms with Gasteiger partial charge in [-0.3, -0.25) is 4.79 Å². The number of anilines is 1. The van der Waals surface area contributed by atoms with E-state index in [0.29, 0.717) is 25.1 Å². The number of sulfonamides is 1. The second kappa shape index (κ2) is 6.76. The summed E-state index contributed by atoms with van der Waals surface area (Å²) >= 11 is 0. The summed E-state index contributed by atoms with van der Waals surface area (Å²) < 4.78 is 32.5. The molecule has 1 aliphatic heterocycles. The molecule has 2 heterocycles. The Hall–Kier alpha value is -2.19. The van der Waals surface area contributed by atoms with E-state index in [0.717, 1.165) is 24.9 Å². The van der Waals surface area contributed by atoms with Crippen LogP contribution in [0.2, 0.25) is 0 Å². The molecule has 1 N–H and O–H groups in total. The predicted octanol–water partition coefficient (Wildman–Crippen LogP) is 2.57. The lowest BCUT2D eigenvalue weighted by Crippen LogP contribution is -2.43. The zero-order valence-electron chi connectivity index (χ0n) is 15.5. The molecule has 2 aliphatic rings. The largest absolute Gasteiger partial charge is 0.360 e. The van der Waals surface area contributed by atoms with E-state index in [2.05, 4.69) is 10.5 Å². The molecule has 8 heteroatoms. The van der Waals surface area contributed by atoms with Gasteiger partial charge in [0.2, 0.25) is 15.9 Å². The Balaban J connectivity index is 1.57. The number of aryl methyl sites for hydroxylation is 4. The molecular weight excluding hydrogens is 366 g/mol. The number of aromatic nitrogens is 1. The van der Waals surface area contributed by atoms with Crippen LogP contribution in [0.1, 0.15) is 41.8 Å². The molecular formula is C19H23N3O4S. The summed E-state index contributed by atoms with van der Waals surface area (Å²) in [4.78, 5) is 12.9. The summed E-state index contributed by atoms with van der Waals surface area (Å²) in [5, 5.41) is 6.65. The highest BCUT2D eigenvalue weighted by molar-refractivity contribution is 7.89. The molecule has 144 valence electrons. The monoisotopic (exact) mass is 389 g/mol. The van der Waals surface area contributed by atoms with Crippen molar-refractivity contribution in [1.29, 1.82) is 0 Å². The Kier molecular flexibility index (Phi) is 4.55. The molecule has 2 aromatic rings. The molecule has 0 spiro atoms. The van der Waals surface area contributed by atoms with E-state index in [1.807, 2.05) is 18.2 Å². The summed E-state index contributed by atoms with van der Waals surface area (Å²) in [6.45, 7) is 3.48. The number of rotatable bonds is 4. The third-order valence-corrected chi connectivity index (χ3v) is 7.56. The zero-order valence-corrected chi connectivity index (χ0v) is 16.3. The maximum Gasteiger partial charge on any atom is 0.249 e. The fraction of sp³-hybridized carbons (Fsp3) is 0.474. The number of nitrogens with one attached hydrogen (secondary N) is 1. The highest BCUT2D eigenvalue weighted by Crippen LogP contribution is 2.31. The first kappa shape index (κ1) is 18.2. The number of nitrogens with zero attached hydrogens (tertiary/aromatic N) is 2. The molecule has 1 fully saturated rings. The van der Waals surface area contributed by atoms with Gasteiger partial charge in [-0.25, -0.2) is 8.42 Å². The summed E-state index contributed by atoms with van der Waals surface area (Å²) in [6.07, 6.45) is 4.38. The fourth-order valence-corrected chi connectivity index (χ4v) is 6.08. The molecule has 0 unspecified atom stereocenters. The second-order valence-corrected chi connectivity index (χ2v) is 9.08. The highest BCUT2D eigenvalue weighted by Gasteiger charge is 2.41. The van der Waals surface area contributed by atoms with E-state index in [1.165, 1.54) is 15.4 Å². The summed E-state index contributed by atoms with van der Waals surface area (Å²) in [5.41, 5.74) is 3.63. The maximum atomic E-state index is 13.1. The first-order valence-electron chi connectivity index (χ1n) is 9.25. The van der Waals surface area contributed by atoms with E-state index in [9.17, 15) is 13.2 Å². The SMILES string of the molecule is Cc1noc(C)c1S(=O)(=O)N1CCC[C@@H]1C(=O)Nc1ccc2c(c1)CCC2. The van der Waals surface area contributed by atoms with Crippen LogP contribution >= 0.6 is 0 Å². The Morgan fingerprint density at radius 2 is 2.00 bits per heavy atom. The molecule has 27 heavy (non-hydrogen) atoms. The number of hydrogen-bond donors (Lipinski definition) is 1. The van der Waals surface area contributed by atoms with E-state index in [1.54, 1.807) is 13.8 Å². The molecule has 1 aliphatic carbocycles. The lowest BCUT2D eigenvalue weighted by molar-refractivity contribution is -0.119. The van der Waals surface area contributed by atoms with Gasteiger partial charge in [-0.05, 0) is 69.2 Å². The quantitative estimate of drug-likeness (QED) is 0.868. The molecule has 1 saturated heterocycles. The third-order valence-electron chi connectivity index (χ3n) is 5.41. The summed E-state index contributed by atoms with van der Waals surface area (Å²) in [7, 11) is -3.84. The molecule has 1 amide bonds. The van der Waals surface area contributed by atoms with Crippen LogP contribution in [0.5, 0.6) is 0 Å². The molecule has 0 saturated carbocycles. The van der Waals surface area contributed by atoms with Gasteiger partial charge in [0.1, 0.15) is 16.6 Å². The van der Waals surface area contributed by atoms with Gasteiger partial charge in [0.25, 0.3) is 0 Å². The van der Waals surface area contributed by atoms with Gasteiger partial charge in [0, 0.05) is 12.2 Å². The van der Waals surface area contributed by atoms with Crippen LogP contribution in [0.4, 0.5) is 5.69 Å². The molecule has 0 radical (unpaired) electrons. The van der Waals surface area contributed by atoms with Crippen LogP contribution in [-0.4, -0.2) is 36.4 Å². The van der Waals surface area contributed by atoms with Crippen molar-refractivity contribution in [3.05, 3.63) is 40.8 Å². The number of fused-ring (bicyclic) bond motifs is 1. The Morgan fingerprint density at radius 1 is 1.22 bits per heavy atom. The Bertz CT molecular complexity index is 977. The first-order chi connectivity index (χ1) is 12.9. The van der Waals surface area contributed by atoms with Crippen molar-refractivity contribution in [3.8, 4) is 0 Å². The molecule has 1 aromatic heterocycles. The number of hydrogen-bond acceptors (Lipinski definition) is 5. The smallest absolute Gasteiger partial charge is 0.249 e. The van der Waals surface area contributed by atoms with Gasteiger partial charge in [0.15, 0.2) is 5.76 Å². The third kappa shape index (κ3) is 3.17. The van der Waals surface area contributed by atoms with Crippen molar-refractivity contribution < 1.29 is 17.7 Å². The average molecular weight is 389 g/mol. The minimum absolute atomic E-state index is 0.0692. The summed E-state index contributed by atoms with van der Waals surface area (Å²) in [5.74, 6) is -0.0436. The van der Waals surface area contributed by atoms with Crippen molar-refractivity contribution in [3.63, 3.8) is 0 Å². The number of benzene rings is 1. The van der Waals surface area contributed by atoms with Crippen molar-refractivity contribution in [2.45, 2.75) is 56.9 Å². The van der Waals surface area contributed by atoms with Gasteiger partial charge in [-0.1, -0.05) is 11.2 Å². The topological polar surface area (TPSA) is 92.5 Å². The highest BCUT2D eigenvalue weighted by atomic mass is 32.2. The molecule has 1 aromatic carbocycles. The van der Waals surface area contributed by atoms with Crippen LogP contribution in [-0.2, 0) is 27.7 Å². The molecule has 7 nitrogen and oxygen atoms in total. The Labute approximate surface area is 158 Å². The lowest BCUT2D eigenvalue weighted by Gasteiger charge is -2.23. The Morgan fingerprint density at radius 3 is 2.74 bits per heavy atom. The van der Waals surface area contributed by atoms with E-state index in [4.69, 9.17) is 4.52 Å². The van der Waals surface area contributed by atoms with Crippen LogP contribution < -0.4 is 5.32 Å². The van der Waals surface area contributed by atoms with Gasteiger partial charge >= 0.3 is 0 Å². The zero-order chi connectivity index (χ0) is 19.2. The molecule has 4 rings (SSSR count). The number of carbonyl (C=O) groups is 1. The summed E-state index contributed by atoms with van der Waals surface area (Å²) in [6, 6.07) is 5.22. The van der Waals surface area contributed by atoms with Gasteiger partial charge in [0.05, 0.1) is 0 Å². The lowest BCUT2D eigenvalue weighted by atomic mass is 10.1. The predicted molar refractivity (Wildman–Crippen MR) is 100.0 cm³/mol. The maximum absolute atomic E-state index is 13.1. The van der Waals surface area contributed by atoms with E-state index < -0.39 is 16.1 Å².